The maximum absolute atomic E-state index is 13.2. The van der Waals surface area contributed by atoms with Crippen LogP contribution in [0, 0.1) is 23.7 Å². The van der Waals surface area contributed by atoms with E-state index in [-0.39, 0.29) is 35.7 Å². The van der Waals surface area contributed by atoms with Gasteiger partial charge in [0.05, 0.1) is 24.5 Å². The average Bonchev–Trinajstić information content (AvgIpc) is 3.33. The number of aromatic hydroxyl groups is 1. The van der Waals surface area contributed by atoms with Crippen LogP contribution in [0.2, 0.25) is 0 Å². The first kappa shape index (κ1) is 24.7. The largest absolute Gasteiger partial charge is 0.507 e. The summed E-state index contributed by atoms with van der Waals surface area (Å²) >= 11 is 0. The summed E-state index contributed by atoms with van der Waals surface area (Å²) in [6, 6.07) is 7.45. The number of ether oxygens (including phenoxy) is 1. The minimum atomic E-state index is -0.256. The zero-order valence-electron chi connectivity index (χ0n) is 21.0. The molecule has 2 amide bonds. The van der Waals surface area contributed by atoms with Crippen LogP contribution in [0.5, 0.6) is 5.75 Å². The zero-order chi connectivity index (χ0) is 24.4. The van der Waals surface area contributed by atoms with Crippen LogP contribution in [0.1, 0.15) is 71.8 Å². The van der Waals surface area contributed by atoms with Gasteiger partial charge in [0.1, 0.15) is 5.75 Å². The number of amides is 2. The maximum atomic E-state index is 13.2. The van der Waals surface area contributed by atoms with Crippen LogP contribution in [0.25, 0.3) is 6.08 Å². The van der Waals surface area contributed by atoms with E-state index in [1.165, 1.54) is 21.6 Å². The molecule has 5 heteroatoms. The number of carbonyl (C=O) groups is 2. The predicted octanol–water partition coefficient (Wildman–Crippen LogP) is 5.74. The lowest BCUT2D eigenvalue weighted by atomic mass is 9.67. The molecule has 1 aromatic carbocycles. The number of allylic oxidation sites excluding steroid dienone is 2. The van der Waals surface area contributed by atoms with Crippen LogP contribution in [0.15, 0.2) is 41.0 Å². The summed E-state index contributed by atoms with van der Waals surface area (Å²) in [5.41, 5.74) is 4.78. The first-order valence-electron chi connectivity index (χ1n) is 13.0. The van der Waals surface area contributed by atoms with Crippen LogP contribution in [-0.4, -0.2) is 41.1 Å². The highest BCUT2D eigenvalue weighted by Crippen LogP contribution is 2.51. The highest BCUT2D eigenvalue weighted by Gasteiger charge is 2.56. The lowest BCUT2D eigenvalue weighted by Gasteiger charge is -2.33. The first-order chi connectivity index (χ1) is 16.4. The fourth-order valence-electron chi connectivity index (χ4n) is 6.20. The summed E-state index contributed by atoms with van der Waals surface area (Å²) in [5.74, 6) is 0.217. The number of fused-ring (bicyclic) bond motifs is 3. The van der Waals surface area contributed by atoms with E-state index in [1.807, 2.05) is 25.1 Å². The third-order valence-electron chi connectivity index (χ3n) is 7.77. The van der Waals surface area contributed by atoms with E-state index in [9.17, 15) is 14.7 Å². The summed E-state index contributed by atoms with van der Waals surface area (Å²) in [6.45, 7) is 9.62. The monoisotopic (exact) mass is 465 g/mol. The van der Waals surface area contributed by atoms with Crippen LogP contribution in [0.3, 0.4) is 0 Å². The fraction of sp³-hybridized carbons (Fsp3) is 0.586. The minimum Gasteiger partial charge on any atom is -0.507 e. The first-order valence-corrected chi connectivity index (χ1v) is 13.0. The van der Waals surface area contributed by atoms with E-state index in [1.54, 1.807) is 6.07 Å². The number of para-hydroxylation sites is 1. The van der Waals surface area contributed by atoms with Crippen molar-refractivity contribution < 1.29 is 19.4 Å². The van der Waals surface area contributed by atoms with E-state index < -0.39 is 0 Å². The lowest BCUT2D eigenvalue weighted by molar-refractivity contribution is -0.140. The topological polar surface area (TPSA) is 66.8 Å². The third-order valence-corrected chi connectivity index (χ3v) is 7.77. The normalized spacial score (nSPS) is 27.1. The van der Waals surface area contributed by atoms with Crippen molar-refractivity contribution in [1.29, 1.82) is 0 Å². The van der Waals surface area contributed by atoms with Gasteiger partial charge in [-0.15, -0.1) is 0 Å². The molecule has 2 heterocycles. The summed E-state index contributed by atoms with van der Waals surface area (Å²) in [7, 11) is 0. The Morgan fingerprint density at radius 3 is 2.56 bits per heavy atom. The molecule has 0 unspecified atom stereocenters. The van der Waals surface area contributed by atoms with Crippen molar-refractivity contribution in [2.45, 2.75) is 72.3 Å². The SMILES string of the molecule is CCC/C(=C\c1ccccc1O)CC[C@H]1OC[C@H]2C1=C(C(C)C)C[C@H]1C(=O)N(CCC)C(=O)[C@H]12. The number of imide groups is 1. The highest BCUT2D eigenvalue weighted by atomic mass is 16.5. The number of nitrogens with zero attached hydrogens (tertiary/aromatic N) is 1. The van der Waals surface area contributed by atoms with Crippen LogP contribution < -0.4 is 0 Å². The Bertz CT molecular complexity index is 992. The Morgan fingerprint density at radius 1 is 1.12 bits per heavy atom. The number of phenolic OH excluding ortho intramolecular Hbond substituents is 1. The van der Waals surface area contributed by atoms with E-state index in [4.69, 9.17) is 4.74 Å². The highest BCUT2D eigenvalue weighted by molar-refractivity contribution is 6.05. The van der Waals surface area contributed by atoms with Crippen LogP contribution in [0.4, 0.5) is 0 Å². The van der Waals surface area contributed by atoms with E-state index in [0.717, 1.165) is 37.7 Å². The number of benzene rings is 1. The molecule has 184 valence electrons. The second kappa shape index (κ2) is 10.5. The second-order valence-corrected chi connectivity index (χ2v) is 10.4. The Balaban J connectivity index is 1.57. The number of likely N-dealkylation sites (tertiary alicyclic amines) is 1. The van der Waals surface area contributed by atoms with Gasteiger partial charge in [-0.25, -0.2) is 0 Å². The number of hydrogen-bond acceptors (Lipinski definition) is 4. The van der Waals surface area contributed by atoms with Crippen molar-refractivity contribution in [3.63, 3.8) is 0 Å². The smallest absolute Gasteiger partial charge is 0.233 e. The second-order valence-electron chi connectivity index (χ2n) is 10.4. The number of hydrogen-bond donors (Lipinski definition) is 1. The van der Waals surface area contributed by atoms with Gasteiger partial charge in [-0.1, -0.05) is 69.5 Å². The van der Waals surface area contributed by atoms with Crippen molar-refractivity contribution in [3.05, 3.63) is 46.5 Å². The van der Waals surface area contributed by atoms with E-state index in [2.05, 4.69) is 26.8 Å². The molecular weight excluding hydrogens is 426 g/mol. The van der Waals surface area contributed by atoms with Gasteiger partial charge in [0.2, 0.25) is 11.8 Å². The molecule has 0 radical (unpaired) electrons. The molecule has 2 aliphatic heterocycles. The molecule has 4 atom stereocenters. The Hall–Kier alpha value is -2.40. The van der Waals surface area contributed by atoms with Crippen molar-refractivity contribution in [3.8, 4) is 5.75 Å². The Kier molecular flexibility index (Phi) is 7.61. The van der Waals surface area contributed by atoms with Gasteiger partial charge >= 0.3 is 0 Å². The molecule has 34 heavy (non-hydrogen) atoms. The van der Waals surface area contributed by atoms with Gasteiger partial charge in [-0.05, 0) is 49.7 Å². The fourth-order valence-corrected chi connectivity index (χ4v) is 6.20. The van der Waals surface area contributed by atoms with Crippen molar-refractivity contribution in [2.24, 2.45) is 23.7 Å². The molecule has 0 bridgehead atoms. The Labute approximate surface area is 203 Å². The number of rotatable bonds is 9. The number of phenols is 1. The molecule has 3 aliphatic rings. The lowest BCUT2D eigenvalue weighted by Crippen LogP contribution is -2.35. The molecule has 0 saturated carbocycles. The maximum Gasteiger partial charge on any atom is 0.233 e. The molecule has 1 aromatic rings. The average molecular weight is 466 g/mol. The Morgan fingerprint density at radius 2 is 1.88 bits per heavy atom. The molecular formula is C29H39NO4. The zero-order valence-corrected chi connectivity index (χ0v) is 21.0. The molecule has 2 fully saturated rings. The minimum absolute atomic E-state index is 0.00361. The van der Waals surface area contributed by atoms with Crippen molar-refractivity contribution in [1.82, 2.24) is 4.90 Å². The molecule has 1 aliphatic carbocycles. The van der Waals surface area contributed by atoms with E-state index >= 15 is 0 Å². The van der Waals surface area contributed by atoms with Gasteiger partial charge in [0, 0.05) is 18.0 Å². The van der Waals surface area contributed by atoms with Crippen LogP contribution >= 0.6 is 0 Å². The summed E-state index contributed by atoms with van der Waals surface area (Å²) in [5, 5.41) is 10.2. The van der Waals surface area contributed by atoms with Gasteiger partial charge in [-0.3, -0.25) is 14.5 Å². The molecule has 4 rings (SSSR count). The standard InChI is InChI=1S/C29H39NO4/c1-5-9-19(15-20-10-7-8-11-24(20)31)12-13-25-26-21(18(3)4)16-22-27(23(26)17-34-25)29(33)30(14-6-2)28(22)32/h7-8,10-11,15,18,22-23,25,27,31H,5-6,9,12-14,16-17H2,1-4H3/b19-15+/t22-,23+,25-,27-/m1/s1. The predicted molar refractivity (Wildman–Crippen MR) is 134 cm³/mol. The van der Waals surface area contributed by atoms with Gasteiger partial charge in [0.15, 0.2) is 0 Å². The molecule has 1 N–H and O–H groups in total. The van der Waals surface area contributed by atoms with E-state index in [0.29, 0.717) is 31.2 Å². The van der Waals surface area contributed by atoms with Gasteiger partial charge in [0.25, 0.3) is 0 Å². The molecule has 5 nitrogen and oxygen atoms in total. The van der Waals surface area contributed by atoms with Crippen molar-refractivity contribution >= 4 is 17.9 Å². The summed E-state index contributed by atoms with van der Waals surface area (Å²) in [4.78, 5) is 27.8. The van der Waals surface area contributed by atoms with Crippen molar-refractivity contribution in [2.75, 3.05) is 13.2 Å². The van der Waals surface area contributed by atoms with Gasteiger partial charge < -0.3 is 9.84 Å². The van der Waals surface area contributed by atoms with Gasteiger partial charge in [-0.2, -0.15) is 0 Å². The third kappa shape index (κ3) is 4.59. The van der Waals surface area contributed by atoms with Crippen LogP contribution in [-0.2, 0) is 14.3 Å². The number of carbonyl (C=O) groups excluding carboxylic acids is 2. The summed E-state index contributed by atoms with van der Waals surface area (Å²) in [6.07, 6.45) is 7.36. The summed E-state index contributed by atoms with van der Waals surface area (Å²) < 4.78 is 6.35. The molecule has 0 spiro atoms. The molecule has 2 saturated heterocycles. The molecule has 0 aromatic heterocycles. The quantitative estimate of drug-likeness (QED) is 0.373.